The van der Waals surface area contributed by atoms with Crippen molar-refractivity contribution in [2.75, 3.05) is 25.0 Å². The predicted molar refractivity (Wildman–Crippen MR) is 64.4 cm³/mol. The minimum absolute atomic E-state index is 0.205. The lowest BCUT2D eigenvalue weighted by molar-refractivity contribution is 0.204. The molecule has 1 rings (SSSR count). The number of halogens is 1. The summed E-state index contributed by atoms with van der Waals surface area (Å²) in [5, 5.41) is 0. The Morgan fingerprint density at radius 3 is 2.94 bits per heavy atom. The summed E-state index contributed by atoms with van der Waals surface area (Å²) in [6.45, 7) is 0.514. The standard InChI is InChI=1S/C8H12BrN3O3S/c1-15-6-5-11-16(13,14)12-8-7(9)3-2-4-10-8/h2-4,11H,5-6H2,1H3,(H,10,12). The number of anilines is 1. The third-order valence-corrected chi connectivity index (χ3v) is 3.27. The van der Waals surface area contributed by atoms with E-state index in [-0.39, 0.29) is 12.4 Å². The molecule has 16 heavy (non-hydrogen) atoms. The first-order chi connectivity index (χ1) is 7.55. The summed E-state index contributed by atoms with van der Waals surface area (Å²) in [5.41, 5.74) is 0. The molecule has 0 aliphatic carbocycles. The largest absolute Gasteiger partial charge is 0.383 e. The number of rotatable bonds is 6. The predicted octanol–water partition coefficient (Wildman–Crippen LogP) is 0.737. The van der Waals surface area contributed by atoms with Crippen LogP contribution in [0.15, 0.2) is 22.8 Å². The number of methoxy groups -OCH3 is 1. The average Bonchev–Trinajstić information content (AvgIpc) is 2.21. The van der Waals surface area contributed by atoms with Crippen molar-refractivity contribution in [3.05, 3.63) is 22.8 Å². The fourth-order valence-electron chi connectivity index (χ4n) is 0.902. The van der Waals surface area contributed by atoms with Crippen LogP contribution in [-0.4, -0.2) is 33.7 Å². The van der Waals surface area contributed by atoms with Gasteiger partial charge in [-0.25, -0.2) is 4.98 Å². The highest BCUT2D eigenvalue weighted by Gasteiger charge is 2.11. The van der Waals surface area contributed by atoms with Crippen molar-refractivity contribution in [2.45, 2.75) is 0 Å². The van der Waals surface area contributed by atoms with E-state index in [1.807, 2.05) is 0 Å². The summed E-state index contributed by atoms with van der Waals surface area (Å²) in [6.07, 6.45) is 1.50. The van der Waals surface area contributed by atoms with E-state index in [0.29, 0.717) is 11.1 Å². The maximum absolute atomic E-state index is 11.5. The molecule has 2 N–H and O–H groups in total. The summed E-state index contributed by atoms with van der Waals surface area (Å²) in [6, 6.07) is 3.39. The first kappa shape index (κ1) is 13.4. The zero-order valence-electron chi connectivity index (χ0n) is 8.60. The highest BCUT2D eigenvalue weighted by atomic mass is 79.9. The first-order valence-corrected chi connectivity index (χ1v) is 6.69. The quantitative estimate of drug-likeness (QED) is 0.759. The van der Waals surface area contributed by atoms with Crippen LogP contribution in [0.2, 0.25) is 0 Å². The van der Waals surface area contributed by atoms with E-state index in [4.69, 9.17) is 4.74 Å². The van der Waals surface area contributed by atoms with Gasteiger partial charge < -0.3 is 4.74 Å². The van der Waals surface area contributed by atoms with Crippen LogP contribution in [0.3, 0.4) is 0 Å². The normalized spacial score (nSPS) is 11.4. The summed E-state index contributed by atoms with van der Waals surface area (Å²) < 4.78 is 32.9. The maximum Gasteiger partial charge on any atom is 0.300 e. The van der Waals surface area contributed by atoms with Crippen LogP contribution < -0.4 is 9.44 Å². The van der Waals surface area contributed by atoms with Gasteiger partial charge in [0.25, 0.3) is 10.2 Å². The molecule has 0 aromatic carbocycles. The molecule has 0 saturated carbocycles. The van der Waals surface area contributed by atoms with Crippen molar-refractivity contribution in [3.8, 4) is 0 Å². The van der Waals surface area contributed by atoms with E-state index in [9.17, 15) is 8.42 Å². The minimum atomic E-state index is -3.60. The molecule has 0 aliphatic heterocycles. The number of ether oxygens (including phenoxy) is 1. The van der Waals surface area contributed by atoms with E-state index in [1.165, 1.54) is 13.3 Å². The van der Waals surface area contributed by atoms with E-state index in [1.54, 1.807) is 12.1 Å². The van der Waals surface area contributed by atoms with Gasteiger partial charge in [0.2, 0.25) is 0 Å². The third kappa shape index (κ3) is 4.44. The van der Waals surface area contributed by atoms with Crippen molar-refractivity contribution in [3.63, 3.8) is 0 Å². The van der Waals surface area contributed by atoms with Gasteiger partial charge in [-0.1, -0.05) is 0 Å². The van der Waals surface area contributed by atoms with E-state index in [2.05, 4.69) is 30.4 Å². The van der Waals surface area contributed by atoms with Crippen LogP contribution in [0, 0.1) is 0 Å². The van der Waals surface area contributed by atoms with E-state index >= 15 is 0 Å². The molecule has 8 heteroatoms. The minimum Gasteiger partial charge on any atom is -0.383 e. The van der Waals surface area contributed by atoms with Gasteiger partial charge in [-0.3, -0.25) is 4.72 Å². The van der Waals surface area contributed by atoms with Crippen LogP contribution in [0.25, 0.3) is 0 Å². The fraction of sp³-hybridized carbons (Fsp3) is 0.375. The van der Waals surface area contributed by atoms with Crippen LogP contribution in [0.1, 0.15) is 0 Å². The highest BCUT2D eigenvalue weighted by Crippen LogP contribution is 2.18. The fourth-order valence-corrected chi connectivity index (χ4v) is 2.23. The van der Waals surface area contributed by atoms with Crippen molar-refractivity contribution in [1.29, 1.82) is 0 Å². The Morgan fingerprint density at radius 1 is 1.56 bits per heavy atom. The van der Waals surface area contributed by atoms with Crippen molar-refractivity contribution >= 4 is 32.0 Å². The summed E-state index contributed by atoms with van der Waals surface area (Å²) in [7, 11) is -2.10. The molecule has 0 atom stereocenters. The second-order valence-corrected chi connectivity index (χ2v) is 5.18. The number of hydrogen-bond acceptors (Lipinski definition) is 4. The molecule has 0 amide bonds. The Bertz CT molecular complexity index is 438. The van der Waals surface area contributed by atoms with Crippen LogP contribution in [0.5, 0.6) is 0 Å². The van der Waals surface area contributed by atoms with Gasteiger partial charge in [-0.15, -0.1) is 0 Å². The van der Waals surface area contributed by atoms with Crippen molar-refractivity contribution in [2.24, 2.45) is 0 Å². The Hall–Kier alpha value is -0.700. The molecule has 90 valence electrons. The zero-order valence-corrected chi connectivity index (χ0v) is 11.0. The molecular weight excluding hydrogens is 298 g/mol. The molecule has 0 spiro atoms. The molecular formula is C8H12BrN3O3S. The summed E-state index contributed by atoms with van der Waals surface area (Å²) in [4.78, 5) is 3.88. The number of pyridine rings is 1. The monoisotopic (exact) mass is 309 g/mol. The molecule has 0 bridgehead atoms. The Balaban J connectivity index is 2.63. The molecule has 1 heterocycles. The van der Waals surface area contributed by atoms with Gasteiger partial charge in [-0.05, 0) is 28.1 Å². The highest BCUT2D eigenvalue weighted by molar-refractivity contribution is 9.10. The topological polar surface area (TPSA) is 80.3 Å². The van der Waals surface area contributed by atoms with Gasteiger partial charge in [-0.2, -0.15) is 13.1 Å². The molecule has 0 fully saturated rings. The average molecular weight is 310 g/mol. The number of aromatic nitrogens is 1. The molecule has 6 nitrogen and oxygen atoms in total. The number of nitrogens with one attached hydrogen (secondary N) is 2. The lowest BCUT2D eigenvalue weighted by Crippen LogP contribution is -2.32. The summed E-state index contributed by atoms with van der Waals surface area (Å²) >= 11 is 3.19. The zero-order chi connectivity index (χ0) is 12.0. The SMILES string of the molecule is COCCNS(=O)(=O)Nc1ncccc1Br. The van der Waals surface area contributed by atoms with Gasteiger partial charge in [0, 0.05) is 19.9 Å². The van der Waals surface area contributed by atoms with Gasteiger partial charge >= 0.3 is 0 Å². The molecule has 1 aromatic rings. The molecule has 0 unspecified atom stereocenters. The van der Waals surface area contributed by atoms with Gasteiger partial charge in [0.15, 0.2) is 5.82 Å². The van der Waals surface area contributed by atoms with Crippen molar-refractivity contribution in [1.82, 2.24) is 9.71 Å². The molecule has 0 saturated heterocycles. The number of nitrogens with zero attached hydrogens (tertiary/aromatic N) is 1. The Morgan fingerprint density at radius 2 is 2.31 bits per heavy atom. The lowest BCUT2D eigenvalue weighted by atomic mass is 10.5. The maximum atomic E-state index is 11.5. The second kappa shape index (κ2) is 6.14. The first-order valence-electron chi connectivity index (χ1n) is 4.42. The lowest BCUT2D eigenvalue weighted by Gasteiger charge is -2.09. The number of hydrogen-bond donors (Lipinski definition) is 2. The van der Waals surface area contributed by atoms with Crippen molar-refractivity contribution < 1.29 is 13.2 Å². The van der Waals surface area contributed by atoms with Gasteiger partial charge in [0.1, 0.15) is 0 Å². The molecule has 0 radical (unpaired) electrons. The third-order valence-electron chi connectivity index (χ3n) is 1.59. The van der Waals surface area contributed by atoms with Crippen LogP contribution in [-0.2, 0) is 14.9 Å². The smallest absolute Gasteiger partial charge is 0.300 e. The Kier molecular flexibility index (Phi) is 5.13. The molecule has 1 aromatic heterocycles. The Labute approximate surface area is 103 Å². The second-order valence-electron chi connectivity index (χ2n) is 2.83. The summed E-state index contributed by atoms with van der Waals surface area (Å²) in [5.74, 6) is 0.243. The van der Waals surface area contributed by atoms with Crippen LogP contribution >= 0.6 is 15.9 Å². The van der Waals surface area contributed by atoms with E-state index in [0.717, 1.165) is 0 Å². The van der Waals surface area contributed by atoms with E-state index < -0.39 is 10.2 Å². The van der Waals surface area contributed by atoms with Gasteiger partial charge in [0.05, 0.1) is 11.1 Å². The molecule has 0 aliphatic rings. The van der Waals surface area contributed by atoms with Crippen LogP contribution in [0.4, 0.5) is 5.82 Å².